The SMILES string of the molecule is CNc1cc2[nH]c(=O)n(-c3ccc(-c4csc(Cl)c4)cc3)c(=O)c2cc1F. The first-order valence-corrected chi connectivity index (χ1v) is 9.25. The molecule has 0 saturated heterocycles. The van der Waals surface area contributed by atoms with E-state index in [0.29, 0.717) is 10.0 Å². The molecule has 0 radical (unpaired) electrons. The summed E-state index contributed by atoms with van der Waals surface area (Å²) >= 11 is 7.39. The van der Waals surface area contributed by atoms with Crippen LogP contribution in [0.15, 0.2) is 57.4 Å². The van der Waals surface area contributed by atoms with Crippen LogP contribution < -0.4 is 16.6 Å². The molecule has 2 N–H and O–H groups in total. The summed E-state index contributed by atoms with van der Waals surface area (Å²) in [6, 6.07) is 11.3. The first-order chi connectivity index (χ1) is 13.0. The van der Waals surface area contributed by atoms with Gasteiger partial charge in [0.05, 0.1) is 26.6 Å². The van der Waals surface area contributed by atoms with Crippen LogP contribution in [0.3, 0.4) is 0 Å². The molecule has 0 aliphatic heterocycles. The van der Waals surface area contributed by atoms with Gasteiger partial charge in [0.15, 0.2) is 0 Å². The summed E-state index contributed by atoms with van der Waals surface area (Å²) in [5, 5.41) is 4.70. The zero-order valence-electron chi connectivity index (χ0n) is 14.0. The molecule has 4 aromatic rings. The van der Waals surface area contributed by atoms with Crippen molar-refractivity contribution >= 4 is 39.5 Å². The smallest absolute Gasteiger partial charge is 0.333 e. The van der Waals surface area contributed by atoms with E-state index in [1.54, 1.807) is 31.3 Å². The van der Waals surface area contributed by atoms with Crippen LogP contribution in [0.4, 0.5) is 10.1 Å². The zero-order chi connectivity index (χ0) is 19.1. The van der Waals surface area contributed by atoms with E-state index in [0.717, 1.165) is 21.8 Å². The van der Waals surface area contributed by atoms with Crippen molar-refractivity contribution in [2.75, 3.05) is 12.4 Å². The molecular weight excluding hydrogens is 389 g/mol. The van der Waals surface area contributed by atoms with Crippen molar-refractivity contribution < 1.29 is 4.39 Å². The highest BCUT2D eigenvalue weighted by Crippen LogP contribution is 2.29. The van der Waals surface area contributed by atoms with Crippen LogP contribution in [-0.2, 0) is 0 Å². The molecular formula is C19H13ClFN3O2S. The molecule has 2 aromatic heterocycles. The molecule has 0 unspecified atom stereocenters. The maximum Gasteiger partial charge on any atom is 0.333 e. The standard InChI is InChI=1S/C19H13ClFN3O2S/c1-22-16-8-15-13(7-14(16)21)18(25)24(19(26)23-15)12-4-2-10(3-5-12)11-6-17(20)27-9-11/h2-9,22H,1H3,(H,23,26). The summed E-state index contributed by atoms with van der Waals surface area (Å²) in [6.45, 7) is 0. The number of benzene rings is 2. The van der Waals surface area contributed by atoms with Crippen LogP contribution in [-0.4, -0.2) is 16.6 Å². The molecule has 0 bridgehead atoms. The first kappa shape index (κ1) is 17.5. The molecule has 2 aromatic carbocycles. The van der Waals surface area contributed by atoms with Crippen molar-refractivity contribution in [3.05, 3.63) is 78.8 Å². The molecule has 2 heterocycles. The van der Waals surface area contributed by atoms with Gasteiger partial charge in [-0.15, -0.1) is 11.3 Å². The van der Waals surface area contributed by atoms with Crippen molar-refractivity contribution in [3.63, 3.8) is 0 Å². The largest absolute Gasteiger partial charge is 0.386 e. The Bertz CT molecular complexity index is 1280. The van der Waals surface area contributed by atoms with Gasteiger partial charge in [-0.2, -0.15) is 0 Å². The first-order valence-electron chi connectivity index (χ1n) is 7.99. The van der Waals surface area contributed by atoms with Gasteiger partial charge in [0.2, 0.25) is 0 Å². The van der Waals surface area contributed by atoms with E-state index in [2.05, 4.69) is 10.3 Å². The highest BCUT2D eigenvalue weighted by atomic mass is 35.5. The average Bonchev–Trinajstić information content (AvgIpc) is 3.09. The van der Waals surface area contributed by atoms with Crippen molar-refractivity contribution in [2.45, 2.75) is 0 Å². The predicted octanol–water partition coefficient (Wildman–Crippen LogP) is 4.24. The summed E-state index contributed by atoms with van der Waals surface area (Å²) in [6.07, 6.45) is 0. The second-order valence-electron chi connectivity index (χ2n) is 5.88. The Balaban J connectivity index is 1.86. The van der Waals surface area contributed by atoms with Crippen molar-refractivity contribution in [1.82, 2.24) is 9.55 Å². The lowest BCUT2D eigenvalue weighted by atomic mass is 10.1. The van der Waals surface area contributed by atoms with Crippen molar-refractivity contribution in [1.29, 1.82) is 0 Å². The van der Waals surface area contributed by atoms with Crippen LogP contribution in [0.2, 0.25) is 4.34 Å². The monoisotopic (exact) mass is 401 g/mol. The molecule has 0 fully saturated rings. The quantitative estimate of drug-likeness (QED) is 0.539. The minimum Gasteiger partial charge on any atom is -0.386 e. The maximum atomic E-state index is 14.1. The third kappa shape index (κ3) is 3.05. The van der Waals surface area contributed by atoms with Crippen LogP contribution in [0.25, 0.3) is 27.7 Å². The molecule has 0 saturated carbocycles. The van der Waals surface area contributed by atoms with Gasteiger partial charge in [0.1, 0.15) is 5.82 Å². The lowest BCUT2D eigenvalue weighted by molar-refractivity contribution is 0.632. The number of aromatic nitrogens is 2. The lowest BCUT2D eigenvalue weighted by Crippen LogP contribution is -2.33. The van der Waals surface area contributed by atoms with E-state index in [9.17, 15) is 14.0 Å². The molecule has 0 atom stereocenters. The summed E-state index contributed by atoms with van der Waals surface area (Å²) in [5.41, 5.74) is 1.57. The number of halogens is 2. The fourth-order valence-corrected chi connectivity index (χ4v) is 3.82. The van der Waals surface area contributed by atoms with E-state index in [1.807, 2.05) is 11.4 Å². The minimum absolute atomic E-state index is 0.0970. The van der Waals surface area contributed by atoms with E-state index >= 15 is 0 Å². The normalized spacial score (nSPS) is 11.1. The van der Waals surface area contributed by atoms with Crippen LogP contribution in [0, 0.1) is 5.82 Å². The number of nitrogens with zero attached hydrogens (tertiary/aromatic N) is 1. The Hall–Kier alpha value is -2.90. The molecule has 0 aliphatic carbocycles. The molecule has 5 nitrogen and oxygen atoms in total. The number of anilines is 1. The van der Waals surface area contributed by atoms with Gasteiger partial charge in [-0.25, -0.2) is 13.8 Å². The third-order valence-electron chi connectivity index (χ3n) is 4.28. The van der Waals surface area contributed by atoms with Crippen molar-refractivity contribution in [3.8, 4) is 16.8 Å². The predicted molar refractivity (Wildman–Crippen MR) is 108 cm³/mol. The Kier molecular flexibility index (Phi) is 4.33. The van der Waals surface area contributed by atoms with Gasteiger partial charge in [-0.3, -0.25) is 4.79 Å². The van der Waals surface area contributed by atoms with Gasteiger partial charge in [-0.1, -0.05) is 23.7 Å². The molecule has 8 heteroatoms. The summed E-state index contributed by atoms with van der Waals surface area (Å²) in [7, 11) is 1.56. The van der Waals surface area contributed by atoms with E-state index in [-0.39, 0.29) is 16.6 Å². The minimum atomic E-state index is -0.590. The van der Waals surface area contributed by atoms with E-state index in [1.165, 1.54) is 17.4 Å². The number of rotatable bonds is 3. The number of aromatic amines is 1. The van der Waals surface area contributed by atoms with Gasteiger partial charge in [-0.05, 0) is 41.5 Å². The Morgan fingerprint density at radius 3 is 2.48 bits per heavy atom. The zero-order valence-corrected chi connectivity index (χ0v) is 15.6. The number of thiophene rings is 1. The van der Waals surface area contributed by atoms with Crippen molar-refractivity contribution in [2.24, 2.45) is 0 Å². The molecule has 0 spiro atoms. The summed E-state index contributed by atoms with van der Waals surface area (Å²) in [4.78, 5) is 27.9. The second-order valence-corrected chi connectivity index (χ2v) is 7.43. The third-order valence-corrected chi connectivity index (χ3v) is 5.37. The van der Waals surface area contributed by atoms with Gasteiger partial charge in [0, 0.05) is 12.4 Å². The summed E-state index contributed by atoms with van der Waals surface area (Å²) < 4.78 is 15.7. The molecule has 4 rings (SSSR count). The molecule has 0 aliphatic rings. The number of hydrogen-bond donors (Lipinski definition) is 2. The van der Waals surface area contributed by atoms with Crippen LogP contribution in [0.5, 0.6) is 0 Å². The maximum absolute atomic E-state index is 14.1. The lowest BCUT2D eigenvalue weighted by Gasteiger charge is -2.09. The molecule has 136 valence electrons. The Morgan fingerprint density at radius 1 is 1.11 bits per heavy atom. The fraction of sp³-hybridized carbons (Fsp3) is 0.0526. The van der Waals surface area contributed by atoms with Crippen LogP contribution in [0.1, 0.15) is 0 Å². The van der Waals surface area contributed by atoms with Gasteiger partial charge in [0.25, 0.3) is 5.56 Å². The number of nitrogens with one attached hydrogen (secondary N) is 2. The average molecular weight is 402 g/mol. The van der Waals surface area contributed by atoms with Gasteiger partial charge < -0.3 is 10.3 Å². The highest BCUT2D eigenvalue weighted by molar-refractivity contribution is 7.14. The number of H-pyrrole nitrogens is 1. The number of fused-ring (bicyclic) bond motifs is 1. The Labute approximate surface area is 161 Å². The van der Waals surface area contributed by atoms with Gasteiger partial charge >= 0.3 is 5.69 Å². The Morgan fingerprint density at radius 2 is 1.85 bits per heavy atom. The second kappa shape index (κ2) is 6.68. The number of hydrogen-bond acceptors (Lipinski definition) is 4. The van der Waals surface area contributed by atoms with Crippen LogP contribution >= 0.6 is 22.9 Å². The molecule has 27 heavy (non-hydrogen) atoms. The fourth-order valence-electron chi connectivity index (χ4n) is 2.93. The highest BCUT2D eigenvalue weighted by Gasteiger charge is 2.13. The topological polar surface area (TPSA) is 66.9 Å². The van der Waals surface area contributed by atoms with E-state index in [4.69, 9.17) is 11.6 Å². The molecule has 0 amide bonds. The van der Waals surface area contributed by atoms with E-state index < -0.39 is 17.1 Å². The summed E-state index contributed by atoms with van der Waals surface area (Å²) in [5.74, 6) is -0.564.